The van der Waals surface area contributed by atoms with Crippen molar-refractivity contribution in [2.75, 3.05) is 24.7 Å². The number of thiazole rings is 1. The Balaban J connectivity index is 1.34. The van der Waals surface area contributed by atoms with Crippen LogP contribution in [0.5, 0.6) is 0 Å². The van der Waals surface area contributed by atoms with Crippen LogP contribution in [0.4, 0.5) is 5.13 Å². The molecule has 0 spiro atoms. The van der Waals surface area contributed by atoms with Crippen LogP contribution in [0.2, 0.25) is 0 Å². The number of rotatable bonds is 10. The lowest BCUT2D eigenvalue weighted by Crippen LogP contribution is -2.71. The first-order chi connectivity index (χ1) is 19.3. The number of aromatic nitrogens is 2. The van der Waals surface area contributed by atoms with Crippen LogP contribution in [0, 0.1) is 0 Å². The highest BCUT2D eigenvalue weighted by atomic mass is 32.2. The number of fused-ring (bicyclic) bond motifs is 2. The number of pyridine rings is 1. The van der Waals surface area contributed by atoms with Crippen LogP contribution in [0.15, 0.2) is 51.6 Å². The number of β-lactam (4-membered cyclic amide) rings is 1. The molecule has 1 unspecified atom stereocenters. The number of hydrogen-bond acceptors (Lipinski definition) is 12. The Kier molecular flexibility index (Phi) is 7.99. The summed E-state index contributed by atoms with van der Waals surface area (Å²) in [6, 6.07) is 4.85. The Hall–Kier alpha value is -4.02. The number of nitrogens with two attached hydrogens (primary N) is 1. The molecule has 2 atom stereocenters. The van der Waals surface area contributed by atoms with Gasteiger partial charge in [0.1, 0.15) is 22.8 Å². The van der Waals surface area contributed by atoms with Gasteiger partial charge in [-0.2, -0.15) is 4.57 Å². The van der Waals surface area contributed by atoms with Crippen LogP contribution in [0.25, 0.3) is 10.2 Å². The Morgan fingerprint density at radius 2 is 2.15 bits per heavy atom. The summed E-state index contributed by atoms with van der Waals surface area (Å²) in [5, 5.41) is 20.4. The van der Waals surface area contributed by atoms with Crippen LogP contribution in [-0.2, 0) is 35.3 Å². The van der Waals surface area contributed by atoms with E-state index in [1.807, 2.05) is 34.3 Å². The third-order valence-electron chi connectivity index (χ3n) is 6.00. The molecule has 2 aliphatic heterocycles. The zero-order valence-electron chi connectivity index (χ0n) is 20.9. The van der Waals surface area contributed by atoms with Crippen molar-refractivity contribution < 1.29 is 38.4 Å². The van der Waals surface area contributed by atoms with Gasteiger partial charge in [0.15, 0.2) is 23.6 Å². The van der Waals surface area contributed by atoms with E-state index in [2.05, 4.69) is 15.5 Å². The first-order valence-corrected chi connectivity index (χ1v) is 14.7. The van der Waals surface area contributed by atoms with Crippen molar-refractivity contribution in [3.63, 3.8) is 0 Å². The van der Waals surface area contributed by atoms with Gasteiger partial charge < -0.3 is 25.7 Å². The van der Waals surface area contributed by atoms with Crippen molar-refractivity contribution >= 4 is 79.2 Å². The molecule has 3 aromatic heterocycles. The Morgan fingerprint density at radius 1 is 1.32 bits per heavy atom. The summed E-state index contributed by atoms with van der Waals surface area (Å²) in [4.78, 5) is 61.5. The summed E-state index contributed by atoms with van der Waals surface area (Å²) in [5.41, 5.74) is 6.00. The van der Waals surface area contributed by atoms with E-state index in [1.165, 1.54) is 22.0 Å². The standard InChI is InChI=1S/C24H22N6O7S3/c1-2-36-15(31)9-37-28-16(14-11-40-24(25)26-14)19(32)27-17-20(33)30-18(23(34)35)13(10-39-22(17)30)8-29-6-3-4-12-5-7-38-21(12)29/h3-7,11,17,22H,2,8-10H2,1H3,(H3-,25,26,27,32,34,35)/p+1/b28-16+/t17?,22-/m1/s1. The molecule has 1 fully saturated rings. The van der Waals surface area contributed by atoms with Gasteiger partial charge in [-0.15, -0.1) is 23.1 Å². The van der Waals surface area contributed by atoms with Crippen molar-refractivity contribution in [3.05, 3.63) is 52.1 Å². The number of nitrogens with one attached hydrogen (secondary N) is 1. The van der Waals surface area contributed by atoms with Crippen molar-refractivity contribution in [2.24, 2.45) is 5.16 Å². The van der Waals surface area contributed by atoms with E-state index in [0.29, 0.717) is 17.9 Å². The molecule has 208 valence electrons. The van der Waals surface area contributed by atoms with E-state index in [0.717, 1.165) is 21.6 Å². The van der Waals surface area contributed by atoms with Crippen LogP contribution >= 0.6 is 34.4 Å². The highest BCUT2D eigenvalue weighted by Gasteiger charge is 2.55. The number of thiophene rings is 1. The molecule has 0 radical (unpaired) electrons. The molecule has 5 rings (SSSR count). The number of hydrogen-bond donors (Lipinski definition) is 3. The van der Waals surface area contributed by atoms with E-state index in [9.17, 15) is 24.3 Å². The molecular formula is C24H23N6O7S3+. The summed E-state index contributed by atoms with van der Waals surface area (Å²) in [6.45, 7) is 1.56. The van der Waals surface area contributed by atoms with E-state index in [1.54, 1.807) is 18.3 Å². The summed E-state index contributed by atoms with van der Waals surface area (Å²) in [7, 11) is 0. The van der Waals surface area contributed by atoms with Gasteiger partial charge in [-0.3, -0.25) is 14.5 Å². The fourth-order valence-electron chi connectivity index (χ4n) is 4.29. The van der Waals surface area contributed by atoms with Gasteiger partial charge in [0, 0.05) is 22.8 Å². The molecule has 5 heterocycles. The molecule has 0 aromatic carbocycles. The molecule has 2 amide bonds. The lowest BCUT2D eigenvalue weighted by Gasteiger charge is -2.49. The molecule has 40 heavy (non-hydrogen) atoms. The Labute approximate surface area is 239 Å². The summed E-state index contributed by atoms with van der Waals surface area (Å²) < 4.78 is 6.74. The van der Waals surface area contributed by atoms with E-state index < -0.39 is 41.8 Å². The minimum Gasteiger partial charge on any atom is -0.477 e. The number of carbonyl (C=O) groups excluding carboxylic acids is 3. The highest BCUT2D eigenvalue weighted by molar-refractivity contribution is 8.00. The van der Waals surface area contributed by atoms with Crippen LogP contribution in [-0.4, -0.2) is 74.8 Å². The Morgan fingerprint density at radius 3 is 2.88 bits per heavy atom. The van der Waals surface area contributed by atoms with E-state index in [-0.39, 0.29) is 28.8 Å². The lowest BCUT2D eigenvalue weighted by atomic mass is 10.0. The molecule has 0 bridgehead atoms. The van der Waals surface area contributed by atoms with Gasteiger partial charge in [0.2, 0.25) is 6.61 Å². The number of anilines is 1. The maximum Gasteiger partial charge on any atom is 0.352 e. The molecule has 3 aromatic rings. The minimum absolute atomic E-state index is 0.0840. The van der Waals surface area contributed by atoms with Gasteiger partial charge >= 0.3 is 11.9 Å². The third-order valence-corrected chi connectivity index (χ3v) is 8.98. The van der Waals surface area contributed by atoms with Crippen LogP contribution in [0.3, 0.4) is 0 Å². The second-order valence-corrected chi connectivity index (χ2v) is 11.4. The zero-order chi connectivity index (χ0) is 28.4. The number of carboxylic acid groups (broad SMARTS) is 1. The summed E-state index contributed by atoms with van der Waals surface area (Å²) in [5.74, 6) is -2.90. The number of nitrogen functional groups attached to an aromatic ring is 1. The highest BCUT2D eigenvalue weighted by Crippen LogP contribution is 2.40. The first-order valence-electron chi connectivity index (χ1n) is 11.9. The average molecular weight is 604 g/mol. The van der Waals surface area contributed by atoms with Crippen LogP contribution in [0.1, 0.15) is 12.6 Å². The second-order valence-electron chi connectivity index (χ2n) is 8.52. The van der Waals surface area contributed by atoms with Crippen molar-refractivity contribution in [3.8, 4) is 0 Å². The first kappa shape index (κ1) is 27.5. The van der Waals surface area contributed by atoms with E-state index in [4.69, 9.17) is 15.3 Å². The number of amides is 2. The lowest BCUT2D eigenvalue weighted by molar-refractivity contribution is -0.661. The van der Waals surface area contributed by atoms with Gasteiger partial charge in [0.05, 0.1) is 12.0 Å². The fourth-order valence-corrected chi connectivity index (χ4v) is 7.05. The van der Waals surface area contributed by atoms with Gasteiger partial charge in [-0.05, 0) is 24.4 Å². The number of ether oxygens (including phenoxy) is 1. The Bertz CT molecular complexity index is 1560. The molecule has 16 heteroatoms. The molecule has 13 nitrogen and oxygen atoms in total. The van der Waals surface area contributed by atoms with E-state index >= 15 is 0 Å². The number of aliphatic carboxylic acids is 1. The molecule has 0 saturated carbocycles. The topological polar surface area (TPSA) is 177 Å². The van der Waals surface area contributed by atoms with Gasteiger partial charge in [0.25, 0.3) is 16.6 Å². The molecule has 4 N–H and O–H groups in total. The molecular weight excluding hydrogens is 581 g/mol. The quantitative estimate of drug-likeness (QED) is 0.0994. The largest absolute Gasteiger partial charge is 0.477 e. The predicted octanol–water partition coefficient (Wildman–Crippen LogP) is 0.950. The zero-order valence-corrected chi connectivity index (χ0v) is 23.4. The summed E-state index contributed by atoms with van der Waals surface area (Å²) in [6.07, 6.45) is 1.87. The number of oxime groups is 1. The molecule has 0 aliphatic carbocycles. The maximum atomic E-state index is 13.2. The number of nitrogens with zero attached hydrogens (tertiary/aromatic N) is 4. The number of esters is 1. The smallest absolute Gasteiger partial charge is 0.352 e. The van der Waals surface area contributed by atoms with Crippen molar-refractivity contribution in [1.82, 2.24) is 15.2 Å². The normalized spacial score (nSPS) is 18.8. The fraction of sp³-hybridized carbons (Fsp3) is 0.292. The van der Waals surface area contributed by atoms with Crippen molar-refractivity contribution in [2.45, 2.75) is 24.9 Å². The molecule has 2 aliphatic rings. The van der Waals surface area contributed by atoms with Gasteiger partial charge in [-0.25, -0.2) is 14.6 Å². The molecule has 1 saturated heterocycles. The minimum atomic E-state index is -1.22. The maximum absolute atomic E-state index is 13.2. The number of thioether (sulfide) groups is 1. The SMILES string of the molecule is CCOC(=O)CO/N=C(/C(=O)NC1C(=O)N2C(C(=O)O)=C(C[n+]3cccc4ccsc43)CS[C@H]12)c1csc(N)n1. The predicted molar refractivity (Wildman–Crippen MR) is 147 cm³/mol. The van der Waals surface area contributed by atoms with Gasteiger partial charge in [-0.1, -0.05) is 16.5 Å². The van der Waals surface area contributed by atoms with Crippen LogP contribution < -0.4 is 15.6 Å². The van der Waals surface area contributed by atoms with Crippen molar-refractivity contribution in [1.29, 1.82) is 0 Å². The second kappa shape index (κ2) is 11.6. The number of carbonyl (C=O) groups is 4. The average Bonchev–Trinajstić information content (AvgIpc) is 3.59. The monoisotopic (exact) mass is 603 g/mol. The summed E-state index contributed by atoms with van der Waals surface area (Å²) >= 11 is 3.97. The number of carboxylic acids is 1. The third kappa shape index (κ3) is 5.37.